The maximum absolute atomic E-state index is 5.80. The van der Waals surface area contributed by atoms with Gasteiger partial charge in [-0.3, -0.25) is 4.90 Å². The van der Waals surface area contributed by atoms with Crippen molar-refractivity contribution in [2.24, 2.45) is 11.1 Å². The lowest BCUT2D eigenvalue weighted by molar-refractivity contribution is 0.142. The quantitative estimate of drug-likeness (QED) is 0.828. The Hall–Kier alpha value is -0.380. The van der Waals surface area contributed by atoms with Crippen LogP contribution < -0.4 is 5.73 Å². The molecule has 2 nitrogen and oxygen atoms in total. The number of hydrogen-bond acceptors (Lipinski definition) is 3. The molecule has 92 valence electrons. The third-order valence-corrected chi connectivity index (χ3v) is 3.71. The maximum atomic E-state index is 5.80. The minimum atomic E-state index is 0.196. The van der Waals surface area contributed by atoms with Crippen molar-refractivity contribution >= 4 is 11.3 Å². The lowest BCUT2D eigenvalue weighted by Gasteiger charge is -2.34. The number of nitrogens with two attached hydrogens (primary N) is 1. The molecule has 0 radical (unpaired) electrons. The predicted molar refractivity (Wildman–Crippen MR) is 72.7 cm³/mol. The van der Waals surface area contributed by atoms with E-state index in [9.17, 15) is 0 Å². The van der Waals surface area contributed by atoms with E-state index in [1.165, 1.54) is 4.88 Å². The van der Waals surface area contributed by atoms with Gasteiger partial charge in [0, 0.05) is 24.0 Å². The zero-order valence-electron chi connectivity index (χ0n) is 10.9. The summed E-state index contributed by atoms with van der Waals surface area (Å²) in [5.41, 5.74) is 6.00. The van der Waals surface area contributed by atoms with Gasteiger partial charge in [-0.25, -0.2) is 0 Å². The summed E-state index contributed by atoms with van der Waals surface area (Å²) in [5.74, 6) is 0. The second-order valence-corrected chi connectivity index (χ2v) is 6.48. The van der Waals surface area contributed by atoms with Gasteiger partial charge in [-0.1, -0.05) is 19.9 Å². The molecule has 0 bridgehead atoms. The van der Waals surface area contributed by atoms with Crippen molar-refractivity contribution in [3.8, 4) is 0 Å². The Balaban J connectivity index is 2.62. The molecule has 1 heterocycles. The summed E-state index contributed by atoms with van der Waals surface area (Å²) < 4.78 is 0. The lowest BCUT2D eigenvalue weighted by atomic mass is 9.92. The molecule has 2 N–H and O–H groups in total. The molecule has 0 aromatic carbocycles. The summed E-state index contributed by atoms with van der Waals surface area (Å²) in [6.07, 6.45) is 0. The Morgan fingerprint density at radius 2 is 2.12 bits per heavy atom. The average molecular weight is 240 g/mol. The molecule has 0 saturated carbocycles. The molecule has 0 aliphatic rings. The van der Waals surface area contributed by atoms with E-state index in [0.717, 1.165) is 19.6 Å². The SMILES string of the molecule is CC(C)N(Cc1cccs1)CC(C)(C)CN. The van der Waals surface area contributed by atoms with Crippen LogP contribution in [0.3, 0.4) is 0 Å². The summed E-state index contributed by atoms with van der Waals surface area (Å²) in [4.78, 5) is 3.93. The summed E-state index contributed by atoms with van der Waals surface area (Å²) >= 11 is 1.83. The highest BCUT2D eigenvalue weighted by Crippen LogP contribution is 2.20. The molecule has 3 heteroatoms. The third-order valence-electron chi connectivity index (χ3n) is 2.85. The van der Waals surface area contributed by atoms with Crippen LogP contribution in [0.15, 0.2) is 17.5 Å². The Morgan fingerprint density at radius 1 is 1.44 bits per heavy atom. The minimum absolute atomic E-state index is 0.196. The fourth-order valence-corrected chi connectivity index (χ4v) is 2.37. The Bertz CT molecular complexity index is 291. The van der Waals surface area contributed by atoms with E-state index in [1.807, 2.05) is 11.3 Å². The standard InChI is InChI=1S/C13H24N2S/c1-11(2)15(10-13(3,4)9-14)8-12-6-5-7-16-12/h5-7,11H,8-10,14H2,1-4H3. The van der Waals surface area contributed by atoms with Gasteiger partial charge in [0.15, 0.2) is 0 Å². The summed E-state index contributed by atoms with van der Waals surface area (Å²) in [5, 5.41) is 2.14. The van der Waals surface area contributed by atoms with Crippen LogP contribution in [0, 0.1) is 5.41 Å². The van der Waals surface area contributed by atoms with Crippen molar-refractivity contribution in [1.29, 1.82) is 0 Å². The molecule has 16 heavy (non-hydrogen) atoms. The first-order chi connectivity index (χ1) is 7.44. The first kappa shape index (κ1) is 13.7. The molecular weight excluding hydrogens is 216 g/mol. The van der Waals surface area contributed by atoms with E-state index in [1.54, 1.807) is 0 Å². The van der Waals surface area contributed by atoms with Gasteiger partial charge in [0.05, 0.1) is 0 Å². The van der Waals surface area contributed by atoms with E-state index in [-0.39, 0.29) is 5.41 Å². The molecule has 0 unspecified atom stereocenters. The van der Waals surface area contributed by atoms with Gasteiger partial charge < -0.3 is 5.73 Å². The highest BCUT2D eigenvalue weighted by Gasteiger charge is 2.22. The largest absolute Gasteiger partial charge is 0.330 e. The zero-order valence-corrected chi connectivity index (χ0v) is 11.7. The summed E-state index contributed by atoms with van der Waals surface area (Å²) in [7, 11) is 0. The highest BCUT2D eigenvalue weighted by atomic mass is 32.1. The lowest BCUT2D eigenvalue weighted by Crippen LogP contribution is -2.41. The molecular formula is C13H24N2S. The number of rotatable bonds is 6. The van der Waals surface area contributed by atoms with Crippen molar-refractivity contribution in [3.05, 3.63) is 22.4 Å². The van der Waals surface area contributed by atoms with Crippen LogP contribution in [-0.4, -0.2) is 24.0 Å². The molecule has 0 aliphatic carbocycles. The van der Waals surface area contributed by atoms with Crippen molar-refractivity contribution in [2.75, 3.05) is 13.1 Å². The van der Waals surface area contributed by atoms with Gasteiger partial charge >= 0.3 is 0 Å². The third kappa shape index (κ3) is 4.24. The highest BCUT2D eigenvalue weighted by molar-refractivity contribution is 7.09. The van der Waals surface area contributed by atoms with Gasteiger partial charge in [0.25, 0.3) is 0 Å². The van der Waals surface area contributed by atoms with Gasteiger partial charge in [0.1, 0.15) is 0 Å². The van der Waals surface area contributed by atoms with Crippen molar-refractivity contribution in [2.45, 2.75) is 40.3 Å². The smallest absolute Gasteiger partial charge is 0.0330 e. The number of thiophene rings is 1. The molecule has 1 rings (SSSR count). The number of nitrogens with zero attached hydrogens (tertiary/aromatic N) is 1. The van der Waals surface area contributed by atoms with Crippen molar-refractivity contribution in [3.63, 3.8) is 0 Å². The van der Waals surface area contributed by atoms with E-state index >= 15 is 0 Å². The second-order valence-electron chi connectivity index (χ2n) is 5.45. The Kier molecular flexibility index (Phi) is 4.96. The summed E-state index contributed by atoms with van der Waals surface area (Å²) in [6, 6.07) is 4.88. The fraction of sp³-hybridized carbons (Fsp3) is 0.692. The van der Waals surface area contributed by atoms with Crippen LogP contribution in [0.5, 0.6) is 0 Å². The van der Waals surface area contributed by atoms with Crippen LogP contribution in [-0.2, 0) is 6.54 Å². The molecule has 0 atom stereocenters. The average Bonchev–Trinajstić information content (AvgIpc) is 2.69. The first-order valence-corrected chi connectivity index (χ1v) is 6.79. The van der Waals surface area contributed by atoms with Crippen LogP contribution in [0.1, 0.15) is 32.6 Å². The van der Waals surface area contributed by atoms with Gasteiger partial charge in [0.2, 0.25) is 0 Å². The second kappa shape index (κ2) is 5.80. The molecule has 0 saturated heterocycles. The monoisotopic (exact) mass is 240 g/mol. The first-order valence-electron chi connectivity index (χ1n) is 5.91. The van der Waals surface area contributed by atoms with E-state index in [0.29, 0.717) is 6.04 Å². The normalized spacial score (nSPS) is 12.7. The number of hydrogen-bond donors (Lipinski definition) is 1. The van der Waals surface area contributed by atoms with Gasteiger partial charge in [-0.15, -0.1) is 11.3 Å². The minimum Gasteiger partial charge on any atom is -0.330 e. The predicted octanol–water partition coefficient (Wildman–Crippen LogP) is 2.94. The molecule has 0 fully saturated rings. The Labute approximate surface area is 103 Å². The van der Waals surface area contributed by atoms with E-state index in [4.69, 9.17) is 5.73 Å². The topological polar surface area (TPSA) is 29.3 Å². The van der Waals surface area contributed by atoms with Gasteiger partial charge in [-0.2, -0.15) is 0 Å². The zero-order chi connectivity index (χ0) is 12.2. The van der Waals surface area contributed by atoms with Crippen LogP contribution in [0.2, 0.25) is 0 Å². The van der Waals surface area contributed by atoms with Crippen LogP contribution in [0.25, 0.3) is 0 Å². The van der Waals surface area contributed by atoms with E-state index < -0.39 is 0 Å². The summed E-state index contributed by atoms with van der Waals surface area (Å²) in [6.45, 7) is 11.8. The van der Waals surface area contributed by atoms with Crippen LogP contribution in [0.4, 0.5) is 0 Å². The Morgan fingerprint density at radius 3 is 2.56 bits per heavy atom. The van der Waals surface area contributed by atoms with Crippen molar-refractivity contribution < 1.29 is 0 Å². The van der Waals surface area contributed by atoms with Crippen LogP contribution >= 0.6 is 11.3 Å². The van der Waals surface area contributed by atoms with Gasteiger partial charge in [-0.05, 0) is 37.3 Å². The molecule has 1 aromatic rings. The fourth-order valence-electron chi connectivity index (χ4n) is 1.64. The maximum Gasteiger partial charge on any atom is 0.0330 e. The molecule has 0 amide bonds. The molecule has 0 aliphatic heterocycles. The van der Waals surface area contributed by atoms with E-state index in [2.05, 4.69) is 50.1 Å². The molecule has 1 aromatic heterocycles. The van der Waals surface area contributed by atoms with Crippen molar-refractivity contribution in [1.82, 2.24) is 4.90 Å². The molecule has 0 spiro atoms.